The zero-order valence-corrected chi connectivity index (χ0v) is 7.10. The van der Waals surface area contributed by atoms with Gasteiger partial charge in [0.1, 0.15) is 0 Å². The topological polar surface area (TPSA) is 9.23 Å². The summed E-state index contributed by atoms with van der Waals surface area (Å²) < 4.78 is 5.03. The monoisotopic (exact) mass is 160 g/mol. The van der Waals surface area contributed by atoms with Crippen molar-refractivity contribution in [2.45, 2.75) is 6.92 Å². The second-order valence-electron chi connectivity index (χ2n) is 2.32. The standard InChI is InChI=1S/C11H12O/c1-2-9-12-10-8-11-6-4-3-5-7-11/h2-10H,1H3/b9-2+,10-8-. The zero-order valence-electron chi connectivity index (χ0n) is 7.10. The molecule has 0 aromatic heterocycles. The van der Waals surface area contributed by atoms with Crippen LogP contribution in [-0.2, 0) is 4.74 Å². The Labute approximate surface area is 73.0 Å². The van der Waals surface area contributed by atoms with Gasteiger partial charge in [-0.3, -0.25) is 0 Å². The van der Waals surface area contributed by atoms with Gasteiger partial charge < -0.3 is 4.74 Å². The Kier molecular flexibility index (Phi) is 3.72. The molecule has 1 aromatic rings. The van der Waals surface area contributed by atoms with Crippen LogP contribution in [0.3, 0.4) is 0 Å². The fraction of sp³-hybridized carbons (Fsp3) is 0.0909. The minimum absolute atomic E-state index is 1.14. The van der Waals surface area contributed by atoms with Gasteiger partial charge >= 0.3 is 0 Å². The Bertz CT molecular complexity index is 260. The van der Waals surface area contributed by atoms with E-state index in [9.17, 15) is 0 Å². The van der Waals surface area contributed by atoms with E-state index in [1.165, 1.54) is 0 Å². The summed E-state index contributed by atoms with van der Waals surface area (Å²) in [6.45, 7) is 1.91. The van der Waals surface area contributed by atoms with E-state index < -0.39 is 0 Å². The Hall–Kier alpha value is -1.50. The minimum Gasteiger partial charge on any atom is -0.473 e. The Balaban J connectivity index is 2.47. The summed E-state index contributed by atoms with van der Waals surface area (Å²) in [5.74, 6) is 0. The summed E-state index contributed by atoms with van der Waals surface area (Å²) >= 11 is 0. The van der Waals surface area contributed by atoms with Gasteiger partial charge in [-0.2, -0.15) is 0 Å². The van der Waals surface area contributed by atoms with E-state index in [0.29, 0.717) is 0 Å². The second-order valence-corrected chi connectivity index (χ2v) is 2.32. The molecular weight excluding hydrogens is 148 g/mol. The molecule has 0 bridgehead atoms. The third-order valence-electron chi connectivity index (χ3n) is 1.35. The van der Waals surface area contributed by atoms with Gasteiger partial charge in [0, 0.05) is 0 Å². The minimum atomic E-state index is 1.14. The molecule has 0 saturated carbocycles. The molecule has 0 saturated heterocycles. The molecule has 0 unspecified atom stereocenters. The van der Waals surface area contributed by atoms with Crippen molar-refractivity contribution < 1.29 is 4.74 Å². The Morgan fingerprint density at radius 1 is 1.08 bits per heavy atom. The van der Waals surface area contributed by atoms with E-state index >= 15 is 0 Å². The molecule has 0 aliphatic carbocycles. The molecule has 0 spiro atoms. The molecule has 0 N–H and O–H groups in total. The Morgan fingerprint density at radius 2 is 1.83 bits per heavy atom. The van der Waals surface area contributed by atoms with E-state index in [-0.39, 0.29) is 0 Å². The van der Waals surface area contributed by atoms with Crippen LogP contribution in [0.2, 0.25) is 0 Å². The van der Waals surface area contributed by atoms with Crippen molar-refractivity contribution in [2.24, 2.45) is 0 Å². The van der Waals surface area contributed by atoms with E-state index in [1.54, 1.807) is 12.5 Å². The number of benzene rings is 1. The molecule has 0 heterocycles. The molecule has 0 aliphatic heterocycles. The smallest absolute Gasteiger partial charge is 0.0907 e. The maximum atomic E-state index is 5.03. The maximum Gasteiger partial charge on any atom is 0.0907 e. The van der Waals surface area contributed by atoms with Crippen molar-refractivity contribution >= 4 is 6.08 Å². The van der Waals surface area contributed by atoms with E-state index in [2.05, 4.69) is 0 Å². The van der Waals surface area contributed by atoms with Gasteiger partial charge in [-0.15, -0.1) is 0 Å². The molecule has 0 radical (unpaired) electrons. The van der Waals surface area contributed by atoms with Crippen molar-refractivity contribution in [2.75, 3.05) is 0 Å². The summed E-state index contributed by atoms with van der Waals surface area (Å²) in [5.41, 5.74) is 1.14. The molecule has 0 atom stereocenters. The molecule has 1 nitrogen and oxygen atoms in total. The predicted octanol–water partition coefficient (Wildman–Crippen LogP) is 3.21. The highest BCUT2D eigenvalue weighted by molar-refractivity contribution is 5.47. The van der Waals surface area contributed by atoms with Crippen LogP contribution in [0.25, 0.3) is 6.08 Å². The molecule has 1 heteroatoms. The quantitative estimate of drug-likeness (QED) is 0.617. The molecule has 1 aromatic carbocycles. The first-order valence-corrected chi connectivity index (χ1v) is 3.91. The average molecular weight is 160 g/mol. The van der Waals surface area contributed by atoms with E-state index in [4.69, 9.17) is 4.74 Å². The maximum absolute atomic E-state index is 5.03. The van der Waals surface area contributed by atoms with Gasteiger partial charge in [-0.25, -0.2) is 0 Å². The summed E-state index contributed by atoms with van der Waals surface area (Å²) in [6, 6.07) is 10.0. The first kappa shape index (κ1) is 8.60. The first-order valence-electron chi connectivity index (χ1n) is 3.91. The average Bonchev–Trinajstić information content (AvgIpc) is 2.14. The van der Waals surface area contributed by atoms with Crippen molar-refractivity contribution in [1.29, 1.82) is 0 Å². The van der Waals surface area contributed by atoms with Gasteiger partial charge in [-0.05, 0) is 18.6 Å². The summed E-state index contributed by atoms with van der Waals surface area (Å²) in [7, 11) is 0. The number of ether oxygens (including phenoxy) is 1. The van der Waals surface area contributed by atoms with Crippen molar-refractivity contribution in [3.05, 3.63) is 54.5 Å². The third-order valence-corrected chi connectivity index (χ3v) is 1.35. The van der Waals surface area contributed by atoms with Crippen LogP contribution in [0.15, 0.2) is 48.9 Å². The number of rotatable bonds is 3. The molecule has 62 valence electrons. The zero-order chi connectivity index (χ0) is 8.65. The van der Waals surface area contributed by atoms with Gasteiger partial charge in [-0.1, -0.05) is 36.4 Å². The second kappa shape index (κ2) is 5.19. The van der Waals surface area contributed by atoms with Gasteiger partial charge in [0.15, 0.2) is 0 Å². The van der Waals surface area contributed by atoms with E-state index in [0.717, 1.165) is 5.56 Å². The van der Waals surface area contributed by atoms with Crippen LogP contribution in [-0.4, -0.2) is 0 Å². The number of hydrogen-bond donors (Lipinski definition) is 0. The van der Waals surface area contributed by atoms with Crippen LogP contribution < -0.4 is 0 Å². The van der Waals surface area contributed by atoms with Crippen LogP contribution in [0.5, 0.6) is 0 Å². The highest BCUT2D eigenvalue weighted by Gasteiger charge is 1.80. The third kappa shape index (κ3) is 3.06. The summed E-state index contributed by atoms with van der Waals surface area (Å²) in [6.07, 6.45) is 7.06. The molecule has 0 fully saturated rings. The molecule has 0 aliphatic rings. The lowest BCUT2D eigenvalue weighted by Crippen LogP contribution is -1.69. The lowest BCUT2D eigenvalue weighted by Gasteiger charge is -1.90. The highest BCUT2D eigenvalue weighted by atomic mass is 16.5. The molecule has 0 amide bonds. The SMILES string of the molecule is C/C=C/O/C=C\c1ccccc1. The van der Waals surface area contributed by atoms with Crippen molar-refractivity contribution in [1.82, 2.24) is 0 Å². The van der Waals surface area contributed by atoms with Gasteiger partial charge in [0.2, 0.25) is 0 Å². The van der Waals surface area contributed by atoms with Crippen LogP contribution in [0.1, 0.15) is 12.5 Å². The van der Waals surface area contributed by atoms with Crippen LogP contribution >= 0.6 is 0 Å². The molecule has 12 heavy (non-hydrogen) atoms. The van der Waals surface area contributed by atoms with Gasteiger partial charge in [0.05, 0.1) is 12.5 Å². The van der Waals surface area contributed by atoms with Gasteiger partial charge in [0.25, 0.3) is 0 Å². The predicted molar refractivity (Wildman–Crippen MR) is 51.4 cm³/mol. The Morgan fingerprint density at radius 3 is 2.50 bits per heavy atom. The number of hydrogen-bond acceptors (Lipinski definition) is 1. The van der Waals surface area contributed by atoms with E-state index in [1.807, 2.05) is 49.4 Å². The van der Waals surface area contributed by atoms with Crippen molar-refractivity contribution in [3.63, 3.8) is 0 Å². The summed E-state index contributed by atoms with van der Waals surface area (Å²) in [5, 5.41) is 0. The summed E-state index contributed by atoms with van der Waals surface area (Å²) in [4.78, 5) is 0. The lowest BCUT2D eigenvalue weighted by molar-refractivity contribution is 0.405. The van der Waals surface area contributed by atoms with Crippen LogP contribution in [0.4, 0.5) is 0 Å². The fourth-order valence-electron chi connectivity index (χ4n) is 0.806. The molecule has 1 rings (SSSR count). The highest BCUT2D eigenvalue weighted by Crippen LogP contribution is 2.00. The first-order chi connectivity index (χ1) is 5.93. The number of allylic oxidation sites excluding steroid dienone is 1. The lowest BCUT2D eigenvalue weighted by atomic mass is 10.2. The largest absolute Gasteiger partial charge is 0.473 e. The van der Waals surface area contributed by atoms with Crippen molar-refractivity contribution in [3.8, 4) is 0 Å². The fourth-order valence-corrected chi connectivity index (χ4v) is 0.806. The normalized spacial score (nSPS) is 11.1. The van der Waals surface area contributed by atoms with Crippen LogP contribution in [0, 0.1) is 0 Å². The molecular formula is C11H12O.